The summed E-state index contributed by atoms with van der Waals surface area (Å²) >= 11 is 0. The van der Waals surface area contributed by atoms with E-state index in [9.17, 15) is 14.9 Å². The monoisotopic (exact) mass is 289 g/mol. The van der Waals surface area contributed by atoms with Gasteiger partial charge in [0.05, 0.1) is 16.0 Å². The van der Waals surface area contributed by atoms with Crippen LogP contribution in [0.2, 0.25) is 0 Å². The van der Waals surface area contributed by atoms with Crippen LogP contribution in [0, 0.1) is 10.1 Å². The van der Waals surface area contributed by atoms with Crippen molar-refractivity contribution in [2.45, 2.75) is 32.4 Å². The van der Waals surface area contributed by atoms with E-state index in [4.69, 9.17) is 4.74 Å². The van der Waals surface area contributed by atoms with Crippen molar-refractivity contribution in [3.8, 4) is 0 Å². The quantitative estimate of drug-likeness (QED) is 0.492. The molecule has 110 valence electrons. The SMILES string of the molecule is CC(=O)c1cc2nn(C3CCCCO3)cc2cc1[N+](=O)[O-]. The molecular formula is C14H15N3O4. The first-order chi connectivity index (χ1) is 10.1. The Kier molecular flexibility index (Phi) is 3.42. The predicted octanol–water partition coefficient (Wildman–Crippen LogP) is 2.85. The van der Waals surface area contributed by atoms with Crippen LogP contribution in [-0.4, -0.2) is 27.1 Å². The summed E-state index contributed by atoms with van der Waals surface area (Å²) in [5, 5.41) is 16.1. The van der Waals surface area contributed by atoms with E-state index in [2.05, 4.69) is 5.10 Å². The normalized spacial score (nSPS) is 18.8. The Morgan fingerprint density at radius 2 is 2.29 bits per heavy atom. The van der Waals surface area contributed by atoms with Gasteiger partial charge >= 0.3 is 0 Å². The largest absolute Gasteiger partial charge is 0.357 e. The molecular weight excluding hydrogens is 274 g/mol. The number of carbonyl (C=O) groups is 1. The number of benzene rings is 1. The third kappa shape index (κ3) is 2.52. The van der Waals surface area contributed by atoms with Gasteiger partial charge in [-0.05, 0) is 32.3 Å². The topological polar surface area (TPSA) is 87.3 Å². The molecule has 1 aliphatic rings. The standard InChI is InChI=1S/C14H15N3O4/c1-9(18)11-7-12-10(6-13(11)17(19)20)8-16(15-12)14-4-2-3-5-21-14/h6-8,14H,2-5H2,1H3. The van der Waals surface area contributed by atoms with E-state index in [-0.39, 0.29) is 23.3 Å². The molecule has 2 aromatic rings. The van der Waals surface area contributed by atoms with Crippen molar-refractivity contribution in [1.82, 2.24) is 9.78 Å². The zero-order valence-electron chi connectivity index (χ0n) is 11.6. The molecule has 1 saturated heterocycles. The second kappa shape index (κ2) is 5.25. The highest BCUT2D eigenvalue weighted by Gasteiger charge is 2.22. The molecule has 0 N–H and O–H groups in total. The number of ketones is 1. The molecule has 7 heteroatoms. The number of nitro groups is 1. The highest BCUT2D eigenvalue weighted by Crippen LogP contribution is 2.28. The Bertz CT molecular complexity index is 665. The van der Waals surface area contributed by atoms with Crippen LogP contribution in [0.3, 0.4) is 0 Å². The highest BCUT2D eigenvalue weighted by molar-refractivity contribution is 6.02. The molecule has 1 aromatic carbocycles. The van der Waals surface area contributed by atoms with Gasteiger partial charge in [0, 0.05) is 24.3 Å². The summed E-state index contributed by atoms with van der Waals surface area (Å²) in [6.07, 6.45) is 4.58. The molecule has 1 aromatic heterocycles. The second-order valence-corrected chi connectivity index (χ2v) is 5.17. The summed E-state index contributed by atoms with van der Waals surface area (Å²) in [4.78, 5) is 22.1. The van der Waals surface area contributed by atoms with E-state index in [1.54, 1.807) is 10.9 Å². The van der Waals surface area contributed by atoms with Gasteiger partial charge in [0.25, 0.3) is 5.69 Å². The van der Waals surface area contributed by atoms with Crippen LogP contribution >= 0.6 is 0 Å². The molecule has 0 aliphatic carbocycles. The minimum Gasteiger partial charge on any atom is -0.357 e. The lowest BCUT2D eigenvalue weighted by atomic mass is 10.1. The van der Waals surface area contributed by atoms with Gasteiger partial charge < -0.3 is 4.74 Å². The number of Topliss-reactive ketones (excluding diaryl/α,β-unsaturated/α-hetero) is 1. The third-order valence-electron chi connectivity index (χ3n) is 3.67. The first-order valence-corrected chi connectivity index (χ1v) is 6.86. The lowest BCUT2D eigenvalue weighted by Crippen LogP contribution is -2.18. The Labute approximate surface area is 120 Å². The van der Waals surface area contributed by atoms with E-state index in [0.29, 0.717) is 17.5 Å². The summed E-state index contributed by atoms with van der Waals surface area (Å²) in [6.45, 7) is 2.01. The van der Waals surface area contributed by atoms with Crippen LogP contribution in [0.4, 0.5) is 5.69 Å². The van der Waals surface area contributed by atoms with Gasteiger partial charge in [-0.1, -0.05) is 0 Å². The molecule has 1 atom stereocenters. The molecule has 3 rings (SSSR count). The Balaban J connectivity index is 2.08. The fourth-order valence-corrected chi connectivity index (χ4v) is 2.59. The number of carbonyl (C=O) groups excluding carboxylic acids is 1. The summed E-state index contributed by atoms with van der Waals surface area (Å²) in [7, 11) is 0. The summed E-state index contributed by atoms with van der Waals surface area (Å²) in [6, 6.07) is 2.88. The van der Waals surface area contributed by atoms with E-state index in [1.165, 1.54) is 19.1 Å². The molecule has 7 nitrogen and oxygen atoms in total. The van der Waals surface area contributed by atoms with Gasteiger partial charge in [-0.25, -0.2) is 4.68 Å². The van der Waals surface area contributed by atoms with Crippen molar-refractivity contribution in [1.29, 1.82) is 0 Å². The Hall–Kier alpha value is -2.28. The van der Waals surface area contributed by atoms with Crippen molar-refractivity contribution in [3.63, 3.8) is 0 Å². The maximum atomic E-state index is 11.6. The maximum absolute atomic E-state index is 11.6. The third-order valence-corrected chi connectivity index (χ3v) is 3.67. The number of nitro benzene ring substituents is 1. The van der Waals surface area contributed by atoms with Crippen LogP contribution in [0.25, 0.3) is 10.9 Å². The van der Waals surface area contributed by atoms with E-state index < -0.39 is 4.92 Å². The molecule has 2 heterocycles. The van der Waals surface area contributed by atoms with Gasteiger partial charge in [-0.2, -0.15) is 5.10 Å². The Morgan fingerprint density at radius 3 is 2.90 bits per heavy atom. The van der Waals surface area contributed by atoms with Gasteiger partial charge in [0.1, 0.15) is 6.23 Å². The van der Waals surface area contributed by atoms with Crippen LogP contribution in [0.1, 0.15) is 42.8 Å². The van der Waals surface area contributed by atoms with E-state index in [0.717, 1.165) is 19.3 Å². The highest BCUT2D eigenvalue weighted by atomic mass is 16.6. The lowest BCUT2D eigenvalue weighted by molar-refractivity contribution is -0.385. The van der Waals surface area contributed by atoms with Gasteiger partial charge in [-0.15, -0.1) is 0 Å². The molecule has 0 bridgehead atoms. The number of nitrogens with zero attached hydrogens (tertiary/aromatic N) is 3. The zero-order valence-corrected chi connectivity index (χ0v) is 11.6. The molecule has 1 unspecified atom stereocenters. The van der Waals surface area contributed by atoms with Crippen molar-refractivity contribution in [2.75, 3.05) is 6.61 Å². The van der Waals surface area contributed by atoms with Gasteiger partial charge in [0.15, 0.2) is 5.78 Å². The summed E-state index contributed by atoms with van der Waals surface area (Å²) in [5.41, 5.74) is 0.474. The number of hydrogen-bond donors (Lipinski definition) is 0. The molecule has 0 spiro atoms. The lowest BCUT2D eigenvalue weighted by Gasteiger charge is -2.22. The molecule has 0 amide bonds. The summed E-state index contributed by atoms with van der Waals surface area (Å²) in [5.74, 6) is -0.341. The number of fused-ring (bicyclic) bond motifs is 1. The van der Waals surface area contributed by atoms with Crippen LogP contribution in [0.15, 0.2) is 18.3 Å². The van der Waals surface area contributed by atoms with E-state index in [1.807, 2.05) is 0 Å². The number of hydrogen-bond acceptors (Lipinski definition) is 5. The predicted molar refractivity (Wildman–Crippen MR) is 75.2 cm³/mol. The van der Waals surface area contributed by atoms with Crippen molar-refractivity contribution >= 4 is 22.4 Å². The second-order valence-electron chi connectivity index (χ2n) is 5.17. The minimum absolute atomic E-state index is 0.0855. The van der Waals surface area contributed by atoms with Crippen LogP contribution in [0.5, 0.6) is 0 Å². The summed E-state index contributed by atoms with van der Waals surface area (Å²) < 4.78 is 7.34. The molecule has 1 fully saturated rings. The number of ether oxygens (including phenoxy) is 1. The number of rotatable bonds is 3. The zero-order chi connectivity index (χ0) is 15.0. The smallest absolute Gasteiger partial charge is 0.280 e. The van der Waals surface area contributed by atoms with Crippen LogP contribution < -0.4 is 0 Å². The van der Waals surface area contributed by atoms with Crippen molar-refractivity contribution < 1.29 is 14.5 Å². The molecule has 21 heavy (non-hydrogen) atoms. The fourth-order valence-electron chi connectivity index (χ4n) is 2.59. The average Bonchev–Trinajstić information content (AvgIpc) is 2.89. The van der Waals surface area contributed by atoms with Crippen LogP contribution in [-0.2, 0) is 4.74 Å². The molecule has 0 saturated carbocycles. The first-order valence-electron chi connectivity index (χ1n) is 6.86. The van der Waals surface area contributed by atoms with Crippen molar-refractivity contribution in [3.05, 3.63) is 34.0 Å². The molecule has 0 radical (unpaired) electrons. The molecule has 1 aliphatic heterocycles. The first kappa shape index (κ1) is 13.7. The van der Waals surface area contributed by atoms with Crippen molar-refractivity contribution in [2.24, 2.45) is 0 Å². The minimum atomic E-state index is -0.537. The Morgan fingerprint density at radius 1 is 1.48 bits per heavy atom. The van der Waals surface area contributed by atoms with Gasteiger partial charge in [0.2, 0.25) is 0 Å². The fraction of sp³-hybridized carbons (Fsp3) is 0.429. The van der Waals surface area contributed by atoms with Gasteiger partial charge in [-0.3, -0.25) is 14.9 Å². The average molecular weight is 289 g/mol. The maximum Gasteiger partial charge on any atom is 0.280 e. The van der Waals surface area contributed by atoms with E-state index >= 15 is 0 Å². The number of aromatic nitrogens is 2.